The van der Waals surface area contributed by atoms with Gasteiger partial charge in [0.1, 0.15) is 10.7 Å². The van der Waals surface area contributed by atoms with Crippen LogP contribution in [0.5, 0.6) is 0 Å². The van der Waals surface area contributed by atoms with Gasteiger partial charge in [-0.1, -0.05) is 30.3 Å². The van der Waals surface area contributed by atoms with Crippen molar-refractivity contribution >= 4 is 26.7 Å². The zero-order chi connectivity index (χ0) is 18.3. The molecule has 1 amide bonds. The van der Waals surface area contributed by atoms with Gasteiger partial charge in [0.05, 0.1) is 0 Å². The highest BCUT2D eigenvalue weighted by Crippen LogP contribution is 2.34. The summed E-state index contributed by atoms with van der Waals surface area (Å²) in [5.74, 6) is 1.01. The lowest BCUT2D eigenvalue weighted by Crippen LogP contribution is -2.38. The van der Waals surface area contributed by atoms with Crippen molar-refractivity contribution in [1.29, 1.82) is 0 Å². The van der Waals surface area contributed by atoms with Gasteiger partial charge in [0.2, 0.25) is 5.91 Å². The summed E-state index contributed by atoms with van der Waals surface area (Å²) >= 11 is 0. The smallest absolute Gasteiger partial charge is 0.285 e. The Labute approximate surface area is 154 Å². The van der Waals surface area contributed by atoms with Crippen molar-refractivity contribution < 1.29 is 13.2 Å². The van der Waals surface area contributed by atoms with Crippen LogP contribution in [0, 0.1) is 5.92 Å². The summed E-state index contributed by atoms with van der Waals surface area (Å²) in [6.07, 6.45) is 2.84. The summed E-state index contributed by atoms with van der Waals surface area (Å²) in [6, 6.07) is 9.12. The minimum absolute atomic E-state index is 0.220. The quantitative estimate of drug-likeness (QED) is 0.796. The molecule has 0 spiro atoms. The molecule has 0 N–H and O–H groups in total. The molecule has 1 aromatic carbocycles. The van der Waals surface area contributed by atoms with Gasteiger partial charge in [0.15, 0.2) is 0 Å². The fourth-order valence-corrected chi connectivity index (χ4v) is 5.19. The SMILES string of the molecule is CC1=C(c2ccccc2)S(=O)(=O)N=C1N1CCCN(C(=O)C2CC2)CC1. The molecule has 1 saturated heterocycles. The van der Waals surface area contributed by atoms with Gasteiger partial charge in [0, 0.05) is 37.7 Å². The fraction of sp³-hybridized carbons (Fsp3) is 0.474. The fourth-order valence-electron chi connectivity index (χ4n) is 3.71. The predicted molar refractivity (Wildman–Crippen MR) is 101 cm³/mol. The first kappa shape index (κ1) is 17.3. The summed E-state index contributed by atoms with van der Waals surface area (Å²) in [4.78, 5) is 16.6. The molecule has 3 aliphatic rings. The lowest BCUT2D eigenvalue weighted by molar-refractivity contribution is -0.132. The van der Waals surface area contributed by atoms with E-state index < -0.39 is 10.0 Å². The summed E-state index contributed by atoms with van der Waals surface area (Å²) in [6.45, 7) is 4.51. The zero-order valence-corrected chi connectivity index (χ0v) is 15.7. The van der Waals surface area contributed by atoms with Gasteiger partial charge in [-0.15, -0.1) is 4.40 Å². The minimum Gasteiger partial charge on any atom is -0.354 e. The molecule has 4 rings (SSSR count). The molecular weight excluding hydrogens is 350 g/mol. The first-order valence-electron chi connectivity index (χ1n) is 9.13. The maximum atomic E-state index is 12.6. The Morgan fingerprint density at radius 2 is 1.81 bits per heavy atom. The number of sulfonamides is 1. The molecular formula is C19H23N3O3S. The normalized spacial score (nSPS) is 23.0. The summed E-state index contributed by atoms with van der Waals surface area (Å²) in [5, 5.41) is 0. The van der Waals surface area contributed by atoms with Gasteiger partial charge in [-0.3, -0.25) is 4.79 Å². The molecule has 1 saturated carbocycles. The van der Waals surface area contributed by atoms with E-state index in [1.165, 1.54) is 0 Å². The topological polar surface area (TPSA) is 70.1 Å². The Morgan fingerprint density at radius 3 is 2.50 bits per heavy atom. The van der Waals surface area contributed by atoms with Crippen molar-refractivity contribution in [3.05, 3.63) is 41.5 Å². The third-order valence-corrected chi connectivity index (χ3v) is 6.68. The highest BCUT2D eigenvalue weighted by molar-refractivity contribution is 8.00. The van der Waals surface area contributed by atoms with Crippen LogP contribution in [-0.4, -0.2) is 56.1 Å². The molecule has 0 radical (unpaired) electrons. The van der Waals surface area contributed by atoms with Crippen LogP contribution in [0.4, 0.5) is 0 Å². The van der Waals surface area contributed by atoms with Crippen LogP contribution < -0.4 is 0 Å². The molecule has 0 bridgehead atoms. The van der Waals surface area contributed by atoms with Crippen molar-refractivity contribution in [3.63, 3.8) is 0 Å². The van der Waals surface area contributed by atoms with Crippen LogP contribution in [0.3, 0.4) is 0 Å². The molecule has 0 atom stereocenters. The van der Waals surface area contributed by atoms with E-state index in [9.17, 15) is 13.2 Å². The first-order chi connectivity index (χ1) is 12.5. The number of benzene rings is 1. The number of carbonyl (C=O) groups excluding carboxylic acids is 1. The molecule has 2 aliphatic heterocycles. The number of amides is 1. The number of rotatable bonds is 2. The van der Waals surface area contributed by atoms with Crippen LogP contribution in [0.15, 0.2) is 40.3 Å². The first-order valence-corrected chi connectivity index (χ1v) is 10.6. The van der Waals surface area contributed by atoms with E-state index in [0.29, 0.717) is 41.5 Å². The van der Waals surface area contributed by atoms with Crippen molar-refractivity contribution in [2.24, 2.45) is 10.3 Å². The second-order valence-electron chi connectivity index (χ2n) is 7.15. The maximum absolute atomic E-state index is 12.6. The van der Waals surface area contributed by atoms with Gasteiger partial charge in [-0.2, -0.15) is 8.42 Å². The lowest BCUT2D eigenvalue weighted by atomic mass is 10.1. The zero-order valence-electron chi connectivity index (χ0n) is 14.9. The van der Waals surface area contributed by atoms with Crippen LogP contribution in [0.1, 0.15) is 31.7 Å². The Balaban J connectivity index is 1.57. The van der Waals surface area contributed by atoms with Crippen molar-refractivity contribution in [2.75, 3.05) is 26.2 Å². The number of nitrogens with zero attached hydrogens (tertiary/aromatic N) is 3. The number of hydrogen-bond acceptors (Lipinski definition) is 4. The minimum atomic E-state index is -3.69. The third-order valence-electron chi connectivity index (χ3n) is 5.21. The van der Waals surface area contributed by atoms with Crippen molar-refractivity contribution in [2.45, 2.75) is 26.2 Å². The van der Waals surface area contributed by atoms with Crippen LogP contribution >= 0.6 is 0 Å². The monoisotopic (exact) mass is 373 g/mol. The Bertz CT molecular complexity index is 886. The summed E-state index contributed by atoms with van der Waals surface area (Å²) in [7, 11) is -3.69. The molecule has 0 aromatic heterocycles. The molecule has 2 fully saturated rings. The van der Waals surface area contributed by atoms with Crippen molar-refractivity contribution in [1.82, 2.24) is 9.80 Å². The van der Waals surface area contributed by atoms with E-state index in [1.54, 1.807) is 12.1 Å². The van der Waals surface area contributed by atoms with Gasteiger partial charge in [-0.05, 0) is 31.7 Å². The molecule has 2 heterocycles. The van der Waals surface area contributed by atoms with Gasteiger partial charge in [-0.25, -0.2) is 0 Å². The second kappa shape index (κ2) is 6.54. The standard InChI is InChI=1S/C19H23N3O3S/c1-14-17(15-6-3-2-4-7-15)26(24,25)20-18(14)21-10-5-11-22(13-12-21)19(23)16-8-9-16/h2-4,6-7,16H,5,8-13H2,1H3. The molecule has 6 nitrogen and oxygen atoms in total. The third kappa shape index (κ3) is 3.16. The Kier molecular flexibility index (Phi) is 4.34. The largest absolute Gasteiger partial charge is 0.354 e. The highest BCUT2D eigenvalue weighted by atomic mass is 32.2. The van der Waals surface area contributed by atoms with Crippen LogP contribution in [-0.2, 0) is 14.8 Å². The molecule has 138 valence electrons. The van der Waals surface area contributed by atoms with Crippen LogP contribution in [0.2, 0.25) is 0 Å². The summed E-state index contributed by atoms with van der Waals surface area (Å²) < 4.78 is 29.4. The van der Waals surface area contributed by atoms with E-state index >= 15 is 0 Å². The number of amidine groups is 1. The van der Waals surface area contributed by atoms with Gasteiger partial charge in [0.25, 0.3) is 10.0 Å². The van der Waals surface area contributed by atoms with Crippen molar-refractivity contribution in [3.8, 4) is 0 Å². The van der Waals surface area contributed by atoms with E-state index in [2.05, 4.69) is 4.40 Å². The molecule has 1 aliphatic carbocycles. The number of carbonyl (C=O) groups is 1. The van der Waals surface area contributed by atoms with Crippen LogP contribution in [0.25, 0.3) is 4.91 Å². The van der Waals surface area contributed by atoms with E-state index in [-0.39, 0.29) is 11.8 Å². The Hall–Kier alpha value is -2.15. The average Bonchev–Trinajstić information content (AvgIpc) is 3.44. The molecule has 26 heavy (non-hydrogen) atoms. The van der Waals surface area contributed by atoms with Gasteiger partial charge < -0.3 is 9.80 Å². The predicted octanol–water partition coefficient (Wildman–Crippen LogP) is 2.10. The second-order valence-corrected chi connectivity index (χ2v) is 8.69. The Morgan fingerprint density at radius 1 is 1.08 bits per heavy atom. The van der Waals surface area contributed by atoms with E-state index in [1.807, 2.05) is 34.9 Å². The van der Waals surface area contributed by atoms with E-state index in [0.717, 1.165) is 25.8 Å². The highest BCUT2D eigenvalue weighted by Gasteiger charge is 2.36. The molecule has 7 heteroatoms. The van der Waals surface area contributed by atoms with E-state index in [4.69, 9.17) is 0 Å². The summed E-state index contributed by atoms with van der Waals surface area (Å²) in [5.41, 5.74) is 1.36. The number of hydrogen-bond donors (Lipinski definition) is 0. The maximum Gasteiger partial charge on any atom is 0.285 e. The molecule has 0 unspecified atom stereocenters. The average molecular weight is 373 g/mol. The molecule has 1 aromatic rings. The van der Waals surface area contributed by atoms with Gasteiger partial charge >= 0.3 is 0 Å². The lowest BCUT2D eigenvalue weighted by Gasteiger charge is -2.23.